The molecule has 1 atom stereocenters. The van der Waals surface area contributed by atoms with Crippen LogP contribution in [-0.4, -0.2) is 5.11 Å². The number of aliphatic hydroxyl groups is 1. The van der Waals surface area contributed by atoms with Crippen LogP contribution in [0.1, 0.15) is 17.2 Å². The molecule has 0 amide bonds. The first-order valence-electron chi connectivity index (χ1n) is 5.87. The second-order valence-electron chi connectivity index (χ2n) is 4.35. The van der Waals surface area contributed by atoms with Crippen molar-refractivity contribution in [2.45, 2.75) is 6.10 Å². The maximum Gasteiger partial charge on any atom is 0.108 e. The molecule has 5 heteroatoms. The Bertz CT molecular complexity index is 764. The Morgan fingerprint density at radius 2 is 1.70 bits per heavy atom. The molecule has 0 spiro atoms. The van der Waals surface area contributed by atoms with Gasteiger partial charge in [-0.2, -0.15) is 0 Å². The Morgan fingerprint density at radius 3 is 2.40 bits per heavy atom. The molecule has 3 rings (SSSR count). The zero-order valence-corrected chi connectivity index (χ0v) is 14.0. The van der Waals surface area contributed by atoms with Gasteiger partial charge >= 0.3 is 0 Å². The van der Waals surface area contributed by atoms with Crippen LogP contribution in [0.3, 0.4) is 0 Å². The third-order valence-electron chi connectivity index (χ3n) is 3.15. The molecule has 0 saturated carbocycles. The Morgan fingerprint density at radius 1 is 1.05 bits per heavy atom. The number of benzene rings is 2. The third-order valence-corrected chi connectivity index (χ3v) is 5.78. The van der Waals surface area contributed by atoms with Crippen LogP contribution in [0.4, 0.5) is 0 Å². The molecule has 0 aliphatic carbocycles. The van der Waals surface area contributed by atoms with Crippen LogP contribution < -0.4 is 0 Å². The van der Waals surface area contributed by atoms with Gasteiger partial charge in [-0.1, -0.05) is 41.4 Å². The highest BCUT2D eigenvalue weighted by molar-refractivity contribution is 9.10. The molecule has 0 saturated heterocycles. The summed E-state index contributed by atoms with van der Waals surface area (Å²) in [5.74, 6) is 0. The number of halogens is 3. The van der Waals surface area contributed by atoms with Gasteiger partial charge < -0.3 is 5.11 Å². The minimum Gasteiger partial charge on any atom is -0.383 e. The van der Waals surface area contributed by atoms with E-state index in [1.807, 2.05) is 23.6 Å². The molecule has 0 aliphatic rings. The van der Waals surface area contributed by atoms with E-state index in [2.05, 4.69) is 15.9 Å². The standard InChI is InChI=1S/C15H9BrCl2OS/c16-10-4-1-3-8-9(7-20-15(8)10)14(19)13-11(17)5-2-6-12(13)18/h1-7,14,19H. The van der Waals surface area contributed by atoms with Gasteiger partial charge in [-0.25, -0.2) is 0 Å². The summed E-state index contributed by atoms with van der Waals surface area (Å²) in [5.41, 5.74) is 1.37. The summed E-state index contributed by atoms with van der Waals surface area (Å²) in [4.78, 5) is 0. The van der Waals surface area contributed by atoms with Crippen LogP contribution >= 0.6 is 50.5 Å². The molecule has 0 aliphatic heterocycles. The molecule has 0 radical (unpaired) electrons. The van der Waals surface area contributed by atoms with Gasteiger partial charge in [-0.3, -0.25) is 0 Å². The number of hydrogen-bond acceptors (Lipinski definition) is 2. The zero-order valence-electron chi connectivity index (χ0n) is 10.1. The Hall–Kier alpha value is -0.580. The van der Waals surface area contributed by atoms with E-state index in [-0.39, 0.29) is 0 Å². The van der Waals surface area contributed by atoms with Crippen molar-refractivity contribution < 1.29 is 5.11 Å². The molecule has 102 valence electrons. The summed E-state index contributed by atoms with van der Waals surface area (Å²) >= 11 is 17.5. The minimum absolute atomic E-state index is 0.472. The van der Waals surface area contributed by atoms with Crippen molar-refractivity contribution in [3.05, 3.63) is 67.4 Å². The van der Waals surface area contributed by atoms with E-state index in [1.165, 1.54) is 0 Å². The zero-order chi connectivity index (χ0) is 14.3. The van der Waals surface area contributed by atoms with Gasteiger partial charge in [-0.15, -0.1) is 11.3 Å². The summed E-state index contributed by atoms with van der Waals surface area (Å²) in [6.45, 7) is 0. The fourth-order valence-electron chi connectivity index (χ4n) is 2.18. The first kappa shape index (κ1) is 14.4. The molecular weight excluding hydrogens is 379 g/mol. The summed E-state index contributed by atoms with van der Waals surface area (Å²) in [6.07, 6.45) is -0.834. The van der Waals surface area contributed by atoms with Gasteiger partial charge in [0.05, 0.1) is 0 Å². The highest BCUT2D eigenvalue weighted by Gasteiger charge is 2.20. The molecule has 1 unspecified atom stereocenters. The Labute approximate surface area is 138 Å². The lowest BCUT2D eigenvalue weighted by Gasteiger charge is -2.14. The van der Waals surface area contributed by atoms with Crippen molar-refractivity contribution in [2.24, 2.45) is 0 Å². The number of rotatable bonds is 2. The van der Waals surface area contributed by atoms with E-state index in [4.69, 9.17) is 23.2 Å². The molecule has 3 aromatic rings. The number of thiophene rings is 1. The minimum atomic E-state index is -0.834. The number of hydrogen-bond donors (Lipinski definition) is 1. The lowest BCUT2D eigenvalue weighted by Crippen LogP contribution is -2.00. The van der Waals surface area contributed by atoms with Crippen LogP contribution in [0.2, 0.25) is 10.0 Å². The van der Waals surface area contributed by atoms with E-state index < -0.39 is 6.10 Å². The Kier molecular flexibility index (Phi) is 4.07. The maximum absolute atomic E-state index is 10.7. The highest BCUT2D eigenvalue weighted by atomic mass is 79.9. The SMILES string of the molecule is OC(c1c(Cl)cccc1Cl)c1csc2c(Br)cccc12. The molecule has 1 N–H and O–H groups in total. The highest BCUT2D eigenvalue weighted by Crippen LogP contribution is 2.40. The fourth-order valence-corrected chi connectivity index (χ4v) is 4.43. The van der Waals surface area contributed by atoms with Crippen molar-refractivity contribution in [2.75, 3.05) is 0 Å². The Balaban J connectivity index is 2.18. The quantitative estimate of drug-likeness (QED) is 0.567. The van der Waals surface area contributed by atoms with Crippen molar-refractivity contribution >= 4 is 60.6 Å². The van der Waals surface area contributed by atoms with Crippen LogP contribution in [0.25, 0.3) is 10.1 Å². The second kappa shape index (κ2) is 5.66. The summed E-state index contributed by atoms with van der Waals surface area (Å²) in [6, 6.07) is 11.1. The van der Waals surface area contributed by atoms with E-state index in [1.54, 1.807) is 29.5 Å². The van der Waals surface area contributed by atoms with Crippen molar-refractivity contribution in [1.82, 2.24) is 0 Å². The van der Waals surface area contributed by atoms with Gasteiger partial charge in [0.25, 0.3) is 0 Å². The summed E-state index contributed by atoms with van der Waals surface area (Å²) < 4.78 is 2.12. The smallest absolute Gasteiger partial charge is 0.108 e. The molecule has 1 nitrogen and oxygen atoms in total. The van der Waals surface area contributed by atoms with Crippen LogP contribution in [0, 0.1) is 0 Å². The van der Waals surface area contributed by atoms with Crippen molar-refractivity contribution in [3.8, 4) is 0 Å². The van der Waals surface area contributed by atoms with Crippen LogP contribution in [0.5, 0.6) is 0 Å². The molecule has 20 heavy (non-hydrogen) atoms. The third kappa shape index (κ3) is 2.38. The average Bonchev–Trinajstić information content (AvgIpc) is 2.83. The first-order valence-corrected chi connectivity index (χ1v) is 8.30. The fraction of sp³-hybridized carbons (Fsp3) is 0.0667. The number of fused-ring (bicyclic) bond motifs is 1. The van der Waals surface area contributed by atoms with Gasteiger partial charge in [0.15, 0.2) is 0 Å². The predicted octanol–water partition coefficient (Wildman–Crippen LogP) is 6.05. The second-order valence-corrected chi connectivity index (χ2v) is 6.89. The summed E-state index contributed by atoms with van der Waals surface area (Å²) in [7, 11) is 0. The van der Waals surface area contributed by atoms with Gasteiger partial charge in [0.1, 0.15) is 6.10 Å². The average molecular weight is 388 g/mol. The van der Waals surface area contributed by atoms with Gasteiger partial charge in [0.2, 0.25) is 0 Å². The van der Waals surface area contributed by atoms with Crippen molar-refractivity contribution in [3.63, 3.8) is 0 Å². The lowest BCUT2D eigenvalue weighted by molar-refractivity contribution is 0.222. The molecule has 0 bridgehead atoms. The molecule has 1 aromatic heterocycles. The topological polar surface area (TPSA) is 20.2 Å². The van der Waals surface area contributed by atoms with Crippen LogP contribution in [0.15, 0.2) is 46.3 Å². The van der Waals surface area contributed by atoms with Gasteiger partial charge in [0, 0.05) is 30.3 Å². The molecule has 2 aromatic carbocycles. The molecule has 1 heterocycles. The predicted molar refractivity (Wildman–Crippen MR) is 90.0 cm³/mol. The summed E-state index contributed by atoms with van der Waals surface area (Å²) in [5, 5.41) is 14.5. The van der Waals surface area contributed by atoms with E-state index in [9.17, 15) is 5.11 Å². The van der Waals surface area contributed by atoms with Gasteiger partial charge in [-0.05, 0) is 44.9 Å². The normalized spacial score (nSPS) is 12.8. The maximum atomic E-state index is 10.7. The van der Waals surface area contributed by atoms with E-state index in [0.29, 0.717) is 15.6 Å². The van der Waals surface area contributed by atoms with E-state index >= 15 is 0 Å². The van der Waals surface area contributed by atoms with Crippen LogP contribution in [-0.2, 0) is 0 Å². The lowest BCUT2D eigenvalue weighted by atomic mass is 10.0. The van der Waals surface area contributed by atoms with E-state index in [0.717, 1.165) is 20.1 Å². The number of aliphatic hydroxyl groups excluding tert-OH is 1. The molecular formula is C15H9BrCl2OS. The first-order chi connectivity index (χ1) is 9.59. The molecule has 0 fully saturated rings. The largest absolute Gasteiger partial charge is 0.383 e. The monoisotopic (exact) mass is 386 g/mol. The van der Waals surface area contributed by atoms with Crippen molar-refractivity contribution in [1.29, 1.82) is 0 Å².